The second-order valence-electron chi connectivity index (χ2n) is 9.09. The number of carbonyl (C=O) groups is 2. The summed E-state index contributed by atoms with van der Waals surface area (Å²) in [6.07, 6.45) is 2.24. The van der Waals surface area contributed by atoms with Crippen molar-refractivity contribution in [2.75, 3.05) is 28.6 Å². The fourth-order valence-corrected chi connectivity index (χ4v) is 5.11. The van der Waals surface area contributed by atoms with Crippen molar-refractivity contribution in [3.8, 4) is 0 Å². The molecule has 5 heteroatoms. The van der Waals surface area contributed by atoms with Crippen molar-refractivity contribution in [2.45, 2.75) is 39.2 Å². The molecule has 3 aromatic rings. The van der Waals surface area contributed by atoms with Crippen molar-refractivity contribution < 1.29 is 9.59 Å². The molecule has 1 aliphatic heterocycles. The number of rotatable bonds is 6. The lowest BCUT2D eigenvalue weighted by molar-refractivity contribution is -0.116. The van der Waals surface area contributed by atoms with Crippen LogP contribution in [-0.2, 0) is 4.79 Å². The topological polar surface area (TPSA) is 61.4 Å². The summed E-state index contributed by atoms with van der Waals surface area (Å²) in [4.78, 5) is 28.6. The van der Waals surface area contributed by atoms with E-state index in [9.17, 15) is 9.59 Å². The lowest BCUT2D eigenvalue weighted by Gasteiger charge is -2.26. The number of benzene rings is 3. The monoisotopic (exact) mass is 465 g/mol. The minimum absolute atomic E-state index is 0.0200. The Bertz CT molecular complexity index is 1270. The number of anilines is 3. The first kappa shape index (κ1) is 22.9. The third kappa shape index (κ3) is 4.46. The smallest absolute Gasteiger partial charge is 0.193 e. The van der Waals surface area contributed by atoms with Crippen LogP contribution in [0.2, 0.25) is 0 Å². The van der Waals surface area contributed by atoms with E-state index in [2.05, 4.69) is 53.6 Å². The number of nitrogens with zero attached hydrogens (tertiary/aromatic N) is 1. The number of ketones is 2. The zero-order valence-corrected chi connectivity index (χ0v) is 20.3. The normalized spacial score (nSPS) is 17.0. The Morgan fingerprint density at radius 3 is 2.34 bits per heavy atom. The summed E-state index contributed by atoms with van der Waals surface area (Å²) in [6, 6.07) is 23.2. The zero-order chi connectivity index (χ0) is 24.4. The molecule has 1 aliphatic carbocycles. The summed E-state index contributed by atoms with van der Waals surface area (Å²) in [5.41, 5.74) is 6.98. The van der Waals surface area contributed by atoms with E-state index in [1.54, 1.807) is 0 Å². The van der Waals surface area contributed by atoms with Crippen molar-refractivity contribution in [3.63, 3.8) is 0 Å². The molecule has 3 aromatic carbocycles. The van der Waals surface area contributed by atoms with E-state index in [-0.39, 0.29) is 17.6 Å². The number of hydrogen-bond donors (Lipinski definition) is 2. The van der Waals surface area contributed by atoms with Crippen LogP contribution in [0.4, 0.5) is 17.1 Å². The second kappa shape index (κ2) is 9.79. The standard InChI is InChI=1S/C30H31N3O2/c1-3-33(4-2)23-16-13-20(14-17-23)29-28-25(11-8-12-27(28)34)31-24-18-15-22(19-26(24)32-29)30(35)21-9-6-5-7-10-21/h5-7,9-10,13-19,29,31-32H,3-4,8,11-12H2,1-2H3/t29-/m1/s1. The van der Waals surface area contributed by atoms with E-state index in [4.69, 9.17) is 0 Å². The van der Waals surface area contributed by atoms with Crippen LogP contribution in [0.15, 0.2) is 84.1 Å². The predicted molar refractivity (Wildman–Crippen MR) is 142 cm³/mol. The van der Waals surface area contributed by atoms with Crippen LogP contribution in [0.5, 0.6) is 0 Å². The van der Waals surface area contributed by atoms with E-state index < -0.39 is 0 Å². The molecule has 5 rings (SSSR count). The molecular formula is C30H31N3O2. The first-order chi connectivity index (χ1) is 17.1. The van der Waals surface area contributed by atoms with Gasteiger partial charge in [-0.2, -0.15) is 0 Å². The maximum atomic E-state index is 13.1. The lowest BCUT2D eigenvalue weighted by atomic mass is 9.86. The fourth-order valence-electron chi connectivity index (χ4n) is 5.11. The molecule has 0 saturated heterocycles. The van der Waals surface area contributed by atoms with Gasteiger partial charge in [-0.25, -0.2) is 0 Å². The van der Waals surface area contributed by atoms with Crippen molar-refractivity contribution in [3.05, 3.63) is 101 Å². The highest BCUT2D eigenvalue weighted by molar-refractivity contribution is 6.10. The van der Waals surface area contributed by atoms with Gasteiger partial charge in [-0.1, -0.05) is 42.5 Å². The minimum atomic E-state index is -0.278. The minimum Gasteiger partial charge on any atom is -0.372 e. The molecule has 0 radical (unpaired) electrons. The molecule has 0 spiro atoms. The van der Waals surface area contributed by atoms with Crippen LogP contribution in [0.25, 0.3) is 0 Å². The van der Waals surface area contributed by atoms with Crippen LogP contribution in [0, 0.1) is 0 Å². The van der Waals surface area contributed by atoms with Gasteiger partial charge in [-0.05, 0) is 62.6 Å². The van der Waals surface area contributed by atoms with E-state index in [1.807, 2.05) is 48.5 Å². The van der Waals surface area contributed by atoms with Crippen LogP contribution >= 0.6 is 0 Å². The SMILES string of the molecule is CCN(CC)c1ccc([C@H]2Nc3cc(C(=O)c4ccccc4)ccc3NC3=C2C(=O)CCC3)cc1. The van der Waals surface area contributed by atoms with Crippen LogP contribution in [-0.4, -0.2) is 24.7 Å². The van der Waals surface area contributed by atoms with Crippen molar-refractivity contribution in [2.24, 2.45) is 0 Å². The van der Waals surface area contributed by atoms with Gasteiger partial charge in [0.2, 0.25) is 0 Å². The summed E-state index contributed by atoms with van der Waals surface area (Å²) in [5.74, 6) is 0.158. The Hall–Kier alpha value is -3.86. The van der Waals surface area contributed by atoms with Gasteiger partial charge in [0.1, 0.15) is 0 Å². The number of hydrogen-bond acceptors (Lipinski definition) is 5. The number of allylic oxidation sites excluding steroid dienone is 1. The van der Waals surface area contributed by atoms with E-state index in [0.29, 0.717) is 17.5 Å². The van der Waals surface area contributed by atoms with Crippen molar-refractivity contribution in [1.29, 1.82) is 0 Å². The first-order valence-corrected chi connectivity index (χ1v) is 12.5. The third-order valence-corrected chi connectivity index (χ3v) is 7.00. The predicted octanol–water partition coefficient (Wildman–Crippen LogP) is 6.35. The van der Waals surface area contributed by atoms with Gasteiger partial charge in [-0.3, -0.25) is 9.59 Å². The summed E-state index contributed by atoms with van der Waals surface area (Å²) in [5, 5.41) is 7.14. The fraction of sp³-hybridized carbons (Fsp3) is 0.267. The van der Waals surface area contributed by atoms with Gasteiger partial charge >= 0.3 is 0 Å². The lowest BCUT2D eigenvalue weighted by Crippen LogP contribution is -2.24. The molecule has 2 aliphatic rings. The Morgan fingerprint density at radius 2 is 1.63 bits per heavy atom. The summed E-state index contributed by atoms with van der Waals surface area (Å²) in [6.45, 7) is 6.19. The third-order valence-electron chi connectivity index (χ3n) is 7.00. The molecule has 0 unspecified atom stereocenters. The van der Waals surface area contributed by atoms with E-state index in [0.717, 1.165) is 54.1 Å². The van der Waals surface area contributed by atoms with Gasteiger partial charge in [0.25, 0.3) is 0 Å². The molecule has 0 saturated carbocycles. The first-order valence-electron chi connectivity index (χ1n) is 12.5. The van der Waals surface area contributed by atoms with Crippen LogP contribution in [0.1, 0.15) is 60.6 Å². The highest BCUT2D eigenvalue weighted by Crippen LogP contribution is 2.41. The number of carbonyl (C=O) groups excluding carboxylic acids is 2. The molecule has 0 fully saturated rings. The number of fused-ring (bicyclic) bond motifs is 1. The Kier molecular flexibility index (Phi) is 6.41. The maximum absolute atomic E-state index is 13.1. The van der Waals surface area contributed by atoms with Gasteiger partial charge in [0, 0.05) is 47.6 Å². The summed E-state index contributed by atoms with van der Waals surface area (Å²) >= 11 is 0. The van der Waals surface area contributed by atoms with Gasteiger partial charge in [0.15, 0.2) is 11.6 Å². The average molecular weight is 466 g/mol. The van der Waals surface area contributed by atoms with Gasteiger partial charge in [-0.15, -0.1) is 0 Å². The largest absolute Gasteiger partial charge is 0.372 e. The maximum Gasteiger partial charge on any atom is 0.193 e. The van der Waals surface area contributed by atoms with E-state index in [1.165, 1.54) is 5.69 Å². The number of nitrogens with one attached hydrogen (secondary N) is 2. The molecule has 0 aromatic heterocycles. The molecule has 5 nitrogen and oxygen atoms in total. The molecule has 1 heterocycles. The highest BCUT2D eigenvalue weighted by atomic mass is 16.1. The molecule has 178 valence electrons. The summed E-state index contributed by atoms with van der Waals surface area (Å²) in [7, 11) is 0. The molecule has 0 bridgehead atoms. The average Bonchev–Trinajstić information content (AvgIpc) is 3.07. The van der Waals surface area contributed by atoms with Crippen molar-refractivity contribution in [1.82, 2.24) is 0 Å². The Labute approximate surface area is 206 Å². The Morgan fingerprint density at radius 1 is 0.886 bits per heavy atom. The van der Waals surface area contributed by atoms with Crippen LogP contribution in [0.3, 0.4) is 0 Å². The molecule has 0 amide bonds. The Balaban J connectivity index is 1.54. The summed E-state index contributed by atoms with van der Waals surface area (Å²) < 4.78 is 0. The zero-order valence-electron chi connectivity index (χ0n) is 20.3. The number of Topliss-reactive ketones (excluding diaryl/α,β-unsaturated/α-hetero) is 1. The molecular weight excluding hydrogens is 434 g/mol. The molecule has 1 atom stereocenters. The molecule has 35 heavy (non-hydrogen) atoms. The van der Waals surface area contributed by atoms with Gasteiger partial charge in [0.05, 0.1) is 17.4 Å². The van der Waals surface area contributed by atoms with Crippen LogP contribution < -0.4 is 15.5 Å². The second-order valence-corrected chi connectivity index (χ2v) is 9.09. The van der Waals surface area contributed by atoms with E-state index >= 15 is 0 Å². The molecule has 2 N–H and O–H groups in total. The highest BCUT2D eigenvalue weighted by Gasteiger charge is 2.32. The quantitative estimate of drug-likeness (QED) is 0.416. The van der Waals surface area contributed by atoms with Gasteiger partial charge < -0.3 is 15.5 Å². The van der Waals surface area contributed by atoms with Crippen molar-refractivity contribution >= 4 is 28.6 Å².